The SMILES string of the molecule is Cn1cc(CNc2cc(Cl)c(F)c(Cl)c2)c(C(C)(C)C)n1. The number of benzene rings is 1. The summed E-state index contributed by atoms with van der Waals surface area (Å²) in [6, 6.07) is 3.05. The number of aryl methyl sites for hydroxylation is 1. The van der Waals surface area contributed by atoms with Crippen molar-refractivity contribution in [3.05, 3.63) is 45.4 Å². The minimum atomic E-state index is -0.597. The molecule has 0 fully saturated rings. The molecule has 0 saturated carbocycles. The van der Waals surface area contributed by atoms with Gasteiger partial charge in [0.1, 0.15) is 0 Å². The zero-order valence-corrected chi connectivity index (χ0v) is 14.0. The summed E-state index contributed by atoms with van der Waals surface area (Å²) in [5.74, 6) is -0.597. The summed E-state index contributed by atoms with van der Waals surface area (Å²) in [5.41, 5.74) is 2.74. The summed E-state index contributed by atoms with van der Waals surface area (Å²) in [4.78, 5) is 0. The maximum atomic E-state index is 13.4. The van der Waals surface area contributed by atoms with Gasteiger partial charge in [0.2, 0.25) is 0 Å². The highest BCUT2D eigenvalue weighted by Gasteiger charge is 2.21. The summed E-state index contributed by atoms with van der Waals surface area (Å²) in [5, 5.41) is 7.73. The molecular formula is C15H18Cl2FN3. The van der Waals surface area contributed by atoms with Gasteiger partial charge in [-0.2, -0.15) is 5.10 Å². The van der Waals surface area contributed by atoms with Crippen molar-refractivity contribution < 1.29 is 4.39 Å². The molecule has 2 aromatic rings. The van der Waals surface area contributed by atoms with Crippen LogP contribution in [0.4, 0.5) is 10.1 Å². The van der Waals surface area contributed by atoms with Crippen LogP contribution in [0.1, 0.15) is 32.0 Å². The lowest BCUT2D eigenvalue weighted by molar-refractivity contribution is 0.549. The van der Waals surface area contributed by atoms with Crippen molar-refractivity contribution >= 4 is 28.9 Å². The molecule has 0 unspecified atom stereocenters. The normalized spacial score (nSPS) is 11.8. The van der Waals surface area contributed by atoms with Gasteiger partial charge < -0.3 is 5.32 Å². The summed E-state index contributed by atoms with van der Waals surface area (Å²) in [7, 11) is 1.89. The molecule has 0 bridgehead atoms. The zero-order chi connectivity index (χ0) is 15.8. The monoisotopic (exact) mass is 329 g/mol. The Bertz CT molecular complexity index is 636. The van der Waals surface area contributed by atoms with Crippen LogP contribution in [-0.2, 0) is 19.0 Å². The van der Waals surface area contributed by atoms with Gasteiger partial charge in [-0.3, -0.25) is 4.68 Å². The number of nitrogens with one attached hydrogen (secondary N) is 1. The number of anilines is 1. The van der Waals surface area contributed by atoms with Crippen LogP contribution in [0.5, 0.6) is 0 Å². The average molecular weight is 330 g/mol. The highest BCUT2D eigenvalue weighted by Crippen LogP contribution is 2.29. The number of hydrogen-bond acceptors (Lipinski definition) is 2. The average Bonchev–Trinajstić information content (AvgIpc) is 2.74. The molecule has 2 rings (SSSR count). The molecule has 0 aliphatic heterocycles. The van der Waals surface area contributed by atoms with E-state index in [2.05, 4.69) is 31.2 Å². The number of rotatable bonds is 3. The third-order valence-corrected chi connectivity index (χ3v) is 3.63. The van der Waals surface area contributed by atoms with E-state index in [-0.39, 0.29) is 15.5 Å². The highest BCUT2D eigenvalue weighted by molar-refractivity contribution is 6.35. The number of aromatic nitrogens is 2. The first-order chi connectivity index (χ1) is 9.68. The van der Waals surface area contributed by atoms with Crippen molar-refractivity contribution in [1.29, 1.82) is 0 Å². The maximum absolute atomic E-state index is 13.4. The molecule has 1 aromatic heterocycles. The first-order valence-electron chi connectivity index (χ1n) is 6.60. The zero-order valence-electron chi connectivity index (χ0n) is 12.5. The van der Waals surface area contributed by atoms with Crippen molar-refractivity contribution in [1.82, 2.24) is 9.78 Å². The highest BCUT2D eigenvalue weighted by atomic mass is 35.5. The van der Waals surface area contributed by atoms with Crippen LogP contribution in [-0.4, -0.2) is 9.78 Å². The molecule has 6 heteroatoms. The topological polar surface area (TPSA) is 29.9 Å². The standard InChI is InChI=1S/C15H18Cl2FN3/c1-15(2,3)14-9(8-21(4)20-14)7-19-10-5-11(16)13(18)12(17)6-10/h5-6,8,19H,7H2,1-4H3. The molecule has 0 saturated heterocycles. The second-order valence-corrected chi connectivity index (χ2v) is 6.85. The molecule has 0 aliphatic rings. The molecule has 1 N–H and O–H groups in total. The van der Waals surface area contributed by atoms with Gasteiger partial charge in [-0.25, -0.2) is 4.39 Å². The number of hydrogen-bond donors (Lipinski definition) is 1. The predicted molar refractivity (Wildman–Crippen MR) is 85.7 cm³/mol. The molecular weight excluding hydrogens is 312 g/mol. The lowest BCUT2D eigenvalue weighted by Crippen LogP contribution is -2.16. The minimum Gasteiger partial charge on any atom is -0.381 e. The van der Waals surface area contributed by atoms with Crippen LogP contribution in [0.25, 0.3) is 0 Å². The molecule has 0 aliphatic carbocycles. The van der Waals surface area contributed by atoms with Crippen molar-refractivity contribution in [3.8, 4) is 0 Å². The molecule has 0 radical (unpaired) electrons. The van der Waals surface area contributed by atoms with E-state index in [0.29, 0.717) is 12.2 Å². The third kappa shape index (κ3) is 3.69. The fraction of sp³-hybridized carbons (Fsp3) is 0.400. The Morgan fingerprint density at radius 1 is 1.24 bits per heavy atom. The Hall–Kier alpha value is -1.26. The van der Waals surface area contributed by atoms with Crippen molar-refractivity contribution in [3.63, 3.8) is 0 Å². The van der Waals surface area contributed by atoms with Crippen molar-refractivity contribution in [2.45, 2.75) is 32.7 Å². The third-order valence-electron chi connectivity index (χ3n) is 3.08. The smallest absolute Gasteiger partial charge is 0.160 e. The van der Waals surface area contributed by atoms with E-state index in [1.165, 1.54) is 12.1 Å². The summed E-state index contributed by atoms with van der Waals surface area (Å²) in [6.07, 6.45) is 1.97. The number of nitrogens with zero attached hydrogens (tertiary/aromatic N) is 2. The molecule has 1 aromatic carbocycles. The fourth-order valence-corrected chi connectivity index (χ4v) is 2.64. The van der Waals surface area contributed by atoms with Crippen molar-refractivity contribution in [2.24, 2.45) is 7.05 Å². The van der Waals surface area contributed by atoms with E-state index < -0.39 is 5.82 Å². The van der Waals surface area contributed by atoms with Gasteiger partial charge in [0.05, 0.1) is 15.7 Å². The molecule has 1 heterocycles. The molecule has 21 heavy (non-hydrogen) atoms. The van der Waals surface area contributed by atoms with Gasteiger partial charge >= 0.3 is 0 Å². The maximum Gasteiger partial charge on any atom is 0.160 e. The minimum absolute atomic E-state index is 0.00670. The predicted octanol–water partition coefficient (Wildman–Crippen LogP) is 4.78. The molecule has 114 valence electrons. The van der Waals surface area contributed by atoms with E-state index in [4.69, 9.17) is 23.2 Å². The van der Waals surface area contributed by atoms with Gasteiger partial charge in [0, 0.05) is 36.5 Å². The largest absolute Gasteiger partial charge is 0.381 e. The molecule has 0 atom stereocenters. The van der Waals surface area contributed by atoms with Gasteiger partial charge in [-0.05, 0) is 12.1 Å². The number of halogens is 3. The van der Waals surface area contributed by atoms with Crippen LogP contribution < -0.4 is 5.32 Å². The van der Waals surface area contributed by atoms with Crippen LogP contribution in [0.15, 0.2) is 18.3 Å². The van der Waals surface area contributed by atoms with E-state index in [1.807, 2.05) is 13.2 Å². The lowest BCUT2D eigenvalue weighted by Gasteiger charge is -2.18. The van der Waals surface area contributed by atoms with Crippen LogP contribution in [0.2, 0.25) is 10.0 Å². The Kier molecular flexibility index (Phi) is 4.49. The quantitative estimate of drug-likeness (QED) is 0.821. The van der Waals surface area contributed by atoms with Gasteiger partial charge in [-0.15, -0.1) is 0 Å². The lowest BCUT2D eigenvalue weighted by atomic mass is 9.89. The Morgan fingerprint density at radius 3 is 2.33 bits per heavy atom. The van der Waals surface area contributed by atoms with Gasteiger partial charge in [0.25, 0.3) is 0 Å². The second-order valence-electron chi connectivity index (χ2n) is 6.03. The van der Waals surface area contributed by atoms with Crippen LogP contribution in [0.3, 0.4) is 0 Å². The summed E-state index contributed by atoms with van der Waals surface area (Å²) in [6.45, 7) is 6.91. The van der Waals surface area contributed by atoms with E-state index >= 15 is 0 Å². The van der Waals surface area contributed by atoms with E-state index in [0.717, 1.165) is 11.3 Å². The fourth-order valence-electron chi connectivity index (χ4n) is 2.15. The van der Waals surface area contributed by atoms with Crippen LogP contribution >= 0.6 is 23.2 Å². The molecule has 0 amide bonds. The summed E-state index contributed by atoms with van der Waals surface area (Å²) >= 11 is 11.6. The molecule has 0 spiro atoms. The summed E-state index contributed by atoms with van der Waals surface area (Å²) < 4.78 is 15.2. The Balaban J connectivity index is 2.21. The first kappa shape index (κ1) is 16.1. The van der Waals surface area contributed by atoms with Gasteiger partial charge in [0.15, 0.2) is 5.82 Å². The Labute approximate surface area is 134 Å². The van der Waals surface area contributed by atoms with Crippen LogP contribution in [0, 0.1) is 5.82 Å². The Morgan fingerprint density at radius 2 is 1.81 bits per heavy atom. The van der Waals surface area contributed by atoms with Crippen molar-refractivity contribution in [2.75, 3.05) is 5.32 Å². The van der Waals surface area contributed by atoms with Gasteiger partial charge in [-0.1, -0.05) is 44.0 Å². The van der Waals surface area contributed by atoms with E-state index in [9.17, 15) is 4.39 Å². The first-order valence-corrected chi connectivity index (χ1v) is 7.35. The second kappa shape index (κ2) is 5.85. The van der Waals surface area contributed by atoms with E-state index in [1.54, 1.807) is 4.68 Å². The molecule has 3 nitrogen and oxygen atoms in total.